The van der Waals surface area contributed by atoms with E-state index in [4.69, 9.17) is 0 Å². The van der Waals surface area contributed by atoms with Crippen LogP contribution in [0.2, 0.25) is 0 Å². The van der Waals surface area contributed by atoms with Gasteiger partial charge in [0, 0.05) is 6.07 Å². The van der Waals surface area contributed by atoms with E-state index in [0.29, 0.717) is 5.56 Å². The van der Waals surface area contributed by atoms with Crippen LogP contribution in [0.15, 0.2) is 58.3 Å². The summed E-state index contributed by atoms with van der Waals surface area (Å²) in [5.74, 6) is 0. The first kappa shape index (κ1) is 13.2. The minimum atomic E-state index is -3.87. The van der Waals surface area contributed by atoms with Crippen LogP contribution in [0.4, 0.5) is 5.69 Å². The van der Waals surface area contributed by atoms with E-state index in [9.17, 15) is 18.5 Å². The summed E-state index contributed by atoms with van der Waals surface area (Å²) in [4.78, 5) is 10.1. The normalized spacial score (nSPS) is 11.2. The van der Waals surface area contributed by atoms with Crippen molar-refractivity contribution < 1.29 is 13.3 Å². The molecule has 0 bridgehead atoms. The zero-order valence-corrected chi connectivity index (χ0v) is 10.9. The third-order valence-corrected chi connectivity index (χ3v) is 4.47. The van der Waals surface area contributed by atoms with Crippen molar-refractivity contribution in [3.05, 3.63) is 64.2 Å². The van der Waals surface area contributed by atoms with Gasteiger partial charge in [-0.05, 0) is 30.7 Å². The Labute approximate surface area is 110 Å². The molecule has 0 aliphatic heterocycles. The van der Waals surface area contributed by atoms with Crippen molar-refractivity contribution in [2.24, 2.45) is 0 Å². The number of sulfone groups is 1. The molecule has 0 fully saturated rings. The summed E-state index contributed by atoms with van der Waals surface area (Å²) in [7, 11) is -3.87. The Morgan fingerprint density at radius 1 is 1.05 bits per heavy atom. The van der Waals surface area contributed by atoms with Crippen LogP contribution in [0.5, 0.6) is 0 Å². The number of nitro groups is 1. The second-order valence-electron chi connectivity index (χ2n) is 4.04. The van der Waals surface area contributed by atoms with Crippen LogP contribution in [0, 0.1) is 17.0 Å². The number of benzene rings is 2. The molecule has 6 heteroatoms. The first-order valence-electron chi connectivity index (χ1n) is 5.48. The van der Waals surface area contributed by atoms with Crippen molar-refractivity contribution in [1.82, 2.24) is 0 Å². The summed E-state index contributed by atoms with van der Waals surface area (Å²) >= 11 is 0. The van der Waals surface area contributed by atoms with Crippen molar-refractivity contribution in [3.8, 4) is 0 Å². The highest BCUT2D eigenvalue weighted by Gasteiger charge is 2.27. The number of rotatable bonds is 3. The molecule has 0 aliphatic carbocycles. The van der Waals surface area contributed by atoms with Crippen molar-refractivity contribution >= 4 is 15.5 Å². The molecule has 0 amide bonds. The third kappa shape index (κ3) is 2.48. The lowest BCUT2D eigenvalue weighted by Crippen LogP contribution is -2.05. The molecule has 0 saturated heterocycles. The second-order valence-corrected chi connectivity index (χ2v) is 5.96. The molecule has 98 valence electrons. The zero-order valence-electron chi connectivity index (χ0n) is 10.1. The highest BCUT2D eigenvalue weighted by atomic mass is 32.2. The van der Waals surface area contributed by atoms with Gasteiger partial charge in [0.25, 0.3) is 5.69 Å². The molecule has 0 unspecified atom stereocenters. The molecule has 5 nitrogen and oxygen atoms in total. The molecule has 0 N–H and O–H groups in total. The van der Waals surface area contributed by atoms with Crippen LogP contribution >= 0.6 is 0 Å². The van der Waals surface area contributed by atoms with Gasteiger partial charge >= 0.3 is 0 Å². The molecular weight excluding hydrogens is 266 g/mol. The Morgan fingerprint density at radius 3 is 2.26 bits per heavy atom. The summed E-state index contributed by atoms with van der Waals surface area (Å²) in [6, 6.07) is 11.7. The molecule has 2 rings (SSSR count). The lowest BCUT2D eigenvalue weighted by atomic mass is 10.2. The highest BCUT2D eigenvalue weighted by molar-refractivity contribution is 7.91. The average Bonchev–Trinajstić information content (AvgIpc) is 2.39. The van der Waals surface area contributed by atoms with Crippen molar-refractivity contribution in [3.63, 3.8) is 0 Å². The van der Waals surface area contributed by atoms with Gasteiger partial charge in [0.15, 0.2) is 0 Å². The predicted molar refractivity (Wildman–Crippen MR) is 69.7 cm³/mol. The van der Waals surface area contributed by atoms with Gasteiger partial charge in [0.05, 0.1) is 9.82 Å². The van der Waals surface area contributed by atoms with E-state index < -0.39 is 20.4 Å². The van der Waals surface area contributed by atoms with Crippen LogP contribution in [-0.2, 0) is 9.84 Å². The maximum absolute atomic E-state index is 12.4. The molecule has 0 aliphatic rings. The molecular formula is C13H11NO4S. The quantitative estimate of drug-likeness (QED) is 0.638. The largest absolute Gasteiger partial charge is 0.288 e. The van der Waals surface area contributed by atoms with Gasteiger partial charge in [0.2, 0.25) is 9.84 Å². The van der Waals surface area contributed by atoms with Crippen molar-refractivity contribution in [1.29, 1.82) is 0 Å². The van der Waals surface area contributed by atoms with Crippen LogP contribution in [0.1, 0.15) is 5.56 Å². The van der Waals surface area contributed by atoms with Gasteiger partial charge < -0.3 is 0 Å². The molecule has 0 spiro atoms. The molecule has 0 atom stereocenters. The Kier molecular flexibility index (Phi) is 3.35. The number of aryl methyl sites for hydroxylation is 1. The molecule has 0 aromatic heterocycles. The van der Waals surface area contributed by atoms with Crippen LogP contribution in [-0.4, -0.2) is 13.3 Å². The van der Waals surface area contributed by atoms with Crippen LogP contribution in [0.3, 0.4) is 0 Å². The molecule has 2 aromatic rings. The monoisotopic (exact) mass is 277 g/mol. The highest BCUT2D eigenvalue weighted by Crippen LogP contribution is 2.29. The average molecular weight is 277 g/mol. The van der Waals surface area contributed by atoms with E-state index in [2.05, 4.69) is 0 Å². The van der Waals surface area contributed by atoms with Gasteiger partial charge in [-0.15, -0.1) is 0 Å². The molecule has 0 heterocycles. The summed E-state index contributed by atoms with van der Waals surface area (Å²) in [6.45, 7) is 1.67. The fraction of sp³-hybridized carbons (Fsp3) is 0.0769. The number of hydrogen-bond donors (Lipinski definition) is 0. The van der Waals surface area contributed by atoms with Crippen LogP contribution in [0.25, 0.3) is 0 Å². The standard InChI is InChI=1S/C13H11NO4S/c1-10-7-8-13(12(9-10)14(15)16)19(17,18)11-5-3-2-4-6-11/h2-9H,1H3. The van der Waals surface area contributed by atoms with E-state index in [-0.39, 0.29) is 9.79 Å². The number of nitrogens with zero attached hydrogens (tertiary/aromatic N) is 1. The Morgan fingerprint density at radius 2 is 1.68 bits per heavy atom. The SMILES string of the molecule is Cc1ccc(S(=O)(=O)c2ccccc2)c([N+](=O)[O-])c1. The van der Waals surface area contributed by atoms with Gasteiger partial charge in [-0.25, -0.2) is 8.42 Å². The smallest absolute Gasteiger partial charge is 0.258 e. The third-order valence-electron chi connectivity index (χ3n) is 2.65. The van der Waals surface area contributed by atoms with E-state index in [1.165, 1.54) is 24.3 Å². The van der Waals surface area contributed by atoms with Gasteiger partial charge in [0.1, 0.15) is 4.90 Å². The van der Waals surface area contributed by atoms with Crippen molar-refractivity contribution in [2.45, 2.75) is 16.7 Å². The Hall–Kier alpha value is -2.21. The molecule has 2 aromatic carbocycles. The fourth-order valence-electron chi connectivity index (χ4n) is 1.72. The lowest BCUT2D eigenvalue weighted by molar-refractivity contribution is -0.387. The maximum atomic E-state index is 12.4. The van der Waals surface area contributed by atoms with Gasteiger partial charge in [-0.2, -0.15) is 0 Å². The Balaban J connectivity index is 2.69. The lowest BCUT2D eigenvalue weighted by Gasteiger charge is -2.06. The first-order chi connectivity index (χ1) is 8.93. The Bertz CT molecular complexity index is 724. The summed E-state index contributed by atoms with van der Waals surface area (Å²) in [5, 5.41) is 11.0. The van der Waals surface area contributed by atoms with E-state index >= 15 is 0 Å². The summed E-state index contributed by atoms with van der Waals surface area (Å²) in [6.07, 6.45) is 0. The summed E-state index contributed by atoms with van der Waals surface area (Å²) in [5.41, 5.74) is 0.238. The van der Waals surface area contributed by atoms with E-state index in [1.54, 1.807) is 31.2 Å². The predicted octanol–water partition coefficient (Wildman–Crippen LogP) is 2.74. The maximum Gasteiger partial charge on any atom is 0.288 e. The molecule has 0 saturated carbocycles. The fourth-order valence-corrected chi connectivity index (χ4v) is 3.15. The van der Waals surface area contributed by atoms with E-state index in [0.717, 1.165) is 0 Å². The minimum absolute atomic E-state index is 0.0435. The van der Waals surface area contributed by atoms with Crippen LogP contribution < -0.4 is 0 Å². The molecule has 19 heavy (non-hydrogen) atoms. The zero-order chi connectivity index (χ0) is 14.0. The van der Waals surface area contributed by atoms with E-state index in [1.807, 2.05) is 0 Å². The van der Waals surface area contributed by atoms with Crippen molar-refractivity contribution in [2.75, 3.05) is 0 Å². The molecule has 0 radical (unpaired) electrons. The minimum Gasteiger partial charge on any atom is -0.258 e. The summed E-state index contributed by atoms with van der Waals surface area (Å²) < 4.78 is 24.7. The second kappa shape index (κ2) is 4.81. The first-order valence-corrected chi connectivity index (χ1v) is 6.96. The number of nitro benzene ring substituents is 1. The number of hydrogen-bond acceptors (Lipinski definition) is 4. The van der Waals surface area contributed by atoms with Gasteiger partial charge in [-0.3, -0.25) is 10.1 Å². The topological polar surface area (TPSA) is 77.3 Å². The van der Waals surface area contributed by atoms with Gasteiger partial charge in [-0.1, -0.05) is 24.3 Å².